The third-order valence-corrected chi connectivity index (χ3v) is 4.02. The maximum Gasteiger partial charge on any atom is 0.185 e. The molecule has 0 N–H and O–H groups in total. The molecule has 126 valence electrons. The summed E-state index contributed by atoms with van der Waals surface area (Å²) in [5.74, 6) is -1.73. The lowest BCUT2D eigenvalue weighted by atomic mass is 10.1. The van der Waals surface area contributed by atoms with Gasteiger partial charge in [-0.05, 0) is 42.0 Å². The quantitative estimate of drug-likeness (QED) is 0.465. The molecule has 3 aromatic rings. The topological polar surface area (TPSA) is 39.2 Å². The number of carbonyl (C=O) groups is 1. The van der Waals surface area contributed by atoms with Crippen LogP contribution in [0, 0.1) is 11.6 Å². The molecule has 0 amide bonds. The molecule has 0 saturated heterocycles. The maximum atomic E-state index is 13.2. The highest BCUT2D eigenvalue weighted by molar-refractivity contribution is 7.07. The van der Waals surface area contributed by atoms with E-state index in [0.717, 1.165) is 23.4 Å². The molecular formula is C19H13F2NO2S. The van der Waals surface area contributed by atoms with Crippen molar-refractivity contribution in [2.45, 2.75) is 6.61 Å². The Balaban J connectivity index is 1.61. The number of hydrogen-bond acceptors (Lipinski definition) is 4. The monoisotopic (exact) mass is 357 g/mol. The van der Waals surface area contributed by atoms with Gasteiger partial charge in [0.1, 0.15) is 12.4 Å². The van der Waals surface area contributed by atoms with Gasteiger partial charge in [0.2, 0.25) is 0 Å². The van der Waals surface area contributed by atoms with E-state index >= 15 is 0 Å². The van der Waals surface area contributed by atoms with Crippen molar-refractivity contribution in [1.82, 2.24) is 4.98 Å². The third kappa shape index (κ3) is 4.58. The molecule has 0 radical (unpaired) electrons. The lowest BCUT2D eigenvalue weighted by Gasteiger charge is -2.04. The minimum absolute atomic E-state index is 0.0957. The van der Waals surface area contributed by atoms with Crippen molar-refractivity contribution in [3.63, 3.8) is 0 Å². The average Bonchev–Trinajstić information content (AvgIpc) is 3.14. The van der Waals surface area contributed by atoms with Gasteiger partial charge in [-0.1, -0.05) is 18.2 Å². The molecule has 3 nitrogen and oxygen atoms in total. The van der Waals surface area contributed by atoms with Gasteiger partial charge in [-0.3, -0.25) is 4.79 Å². The normalized spacial score (nSPS) is 11.0. The summed E-state index contributed by atoms with van der Waals surface area (Å²) in [4.78, 5) is 16.1. The number of aromatic nitrogens is 1. The van der Waals surface area contributed by atoms with Crippen molar-refractivity contribution in [3.05, 3.63) is 87.9 Å². The van der Waals surface area contributed by atoms with Crippen molar-refractivity contribution < 1.29 is 18.3 Å². The average molecular weight is 357 g/mol. The fourth-order valence-electron chi connectivity index (χ4n) is 2.06. The molecular weight excluding hydrogens is 344 g/mol. The predicted molar refractivity (Wildman–Crippen MR) is 92.6 cm³/mol. The van der Waals surface area contributed by atoms with Crippen LogP contribution in [0.2, 0.25) is 0 Å². The van der Waals surface area contributed by atoms with Gasteiger partial charge in [-0.15, -0.1) is 11.3 Å². The van der Waals surface area contributed by atoms with Crippen molar-refractivity contribution in [1.29, 1.82) is 0 Å². The summed E-state index contributed by atoms with van der Waals surface area (Å²) in [7, 11) is 0. The van der Waals surface area contributed by atoms with E-state index in [0.29, 0.717) is 12.4 Å². The van der Waals surface area contributed by atoms with Crippen LogP contribution in [-0.2, 0) is 6.61 Å². The first-order chi connectivity index (χ1) is 12.1. The summed E-state index contributed by atoms with van der Waals surface area (Å²) < 4.78 is 31.6. The highest BCUT2D eigenvalue weighted by Crippen LogP contribution is 2.16. The van der Waals surface area contributed by atoms with Crippen LogP contribution in [0.1, 0.15) is 21.6 Å². The minimum Gasteiger partial charge on any atom is -0.487 e. The second-order valence-electron chi connectivity index (χ2n) is 5.16. The smallest absolute Gasteiger partial charge is 0.185 e. The maximum absolute atomic E-state index is 13.2. The Morgan fingerprint density at radius 3 is 2.60 bits per heavy atom. The SMILES string of the molecule is O=C(/C=C/c1ccc(OCc2cscn2)cc1)c1ccc(F)c(F)c1. The number of hydrogen-bond donors (Lipinski definition) is 0. The summed E-state index contributed by atoms with van der Waals surface area (Å²) in [6, 6.07) is 10.2. The first-order valence-corrected chi connectivity index (χ1v) is 8.33. The van der Waals surface area contributed by atoms with E-state index in [1.807, 2.05) is 5.38 Å². The van der Waals surface area contributed by atoms with Crippen LogP contribution >= 0.6 is 11.3 Å². The van der Waals surface area contributed by atoms with E-state index in [2.05, 4.69) is 4.98 Å². The van der Waals surface area contributed by atoms with Crippen molar-refractivity contribution in [2.75, 3.05) is 0 Å². The number of rotatable bonds is 6. The zero-order valence-corrected chi connectivity index (χ0v) is 13.8. The first-order valence-electron chi connectivity index (χ1n) is 7.39. The first kappa shape index (κ1) is 17.0. The van der Waals surface area contributed by atoms with Crippen molar-refractivity contribution in [2.24, 2.45) is 0 Å². The number of thiazole rings is 1. The Bertz CT molecular complexity index is 890. The number of allylic oxidation sites excluding steroid dienone is 1. The number of halogens is 2. The number of benzene rings is 2. The zero-order valence-electron chi connectivity index (χ0n) is 13.0. The summed E-state index contributed by atoms with van der Waals surface area (Å²) in [5.41, 5.74) is 3.50. The summed E-state index contributed by atoms with van der Waals surface area (Å²) in [6.07, 6.45) is 2.92. The van der Waals surface area contributed by atoms with Gasteiger partial charge in [0.25, 0.3) is 0 Å². The van der Waals surface area contributed by atoms with E-state index < -0.39 is 17.4 Å². The Labute approximate surface area is 147 Å². The van der Waals surface area contributed by atoms with Crippen LogP contribution in [0.5, 0.6) is 5.75 Å². The highest BCUT2D eigenvalue weighted by Gasteiger charge is 2.07. The molecule has 0 unspecified atom stereocenters. The van der Waals surface area contributed by atoms with E-state index in [4.69, 9.17) is 4.74 Å². The minimum atomic E-state index is -1.04. The van der Waals surface area contributed by atoms with Crippen LogP contribution in [0.3, 0.4) is 0 Å². The Morgan fingerprint density at radius 1 is 1.12 bits per heavy atom. The largest absolute Gasteiger partial charge is 0.487 e. The molecule has 25 heavy (non-hydrogen) atoms. The van der Waals surface area contributed by atoms with Crippen LogP contribution in [0.25, 0.3) is 6.08 Å². The molecule has 0 aliphatic heterocycles. The molecule has 2 aromatic carbocycles. The molecule has 3 rings (SSSR count). The van der Waals surface area contributed by atoms with Gasteiger partial charge < -0.3 is 4.74 Å². The van der Waals surface area contributed by atoms with Gasteiger partial charge in [0.15, 0.2) is 17.4 Å². The summed E-state index contributed by atoms with van der Waals surface area (Å²) in [5, 5.41) is 1.92. The molecule has 6 heteroatoms. The molecule has 0 aliphatic rings. The van der Waals surface area contributed by atoms with Gasteiger partial charge >= 0.3 is 0 Å². The summed E-state index contributed by atoms with van der Waals surface area (Å²) in [6.45, 7) is 0.396. The third-order valence-electron chi connectivity index (χ3n) is 3.38. The van der Waals surface area contributed by atoms with E-state index in [-0.39, 0.29) is 5.56 Å². The van der Waals surface area contributed by atoms with Gasteiger partial charge in [-0.25, -0.2) is 13.8 Å². The van der Waals surface area contributed by atoms with Gasteiger partial charge in [-0.2, -0.15) is 0 Å². The van der Waals surface area contributed by atoms with Crippen molar-refractivity contribution >= 4 is 23.2 Å². The van der Waals surface area contributed by atoms with Crippen molar-refractivity contribution in [3.8, 4) is 5.75 Å². The highest BCUT2D eigenvalue weighted by atomic mass is 32.1. The zero-order chi connectivity index (χ0) is 17.6. The molecule has 1 heterocycles. The second kappa shape index (κ2) is 7.81. The van der Waals surface area contributed by atoms with E-state index in [1.54, 1.807) is 35.9 Å². The molecule has 0 spiro atoms. The fraction of sp³-hybridized carbons (Fsp3) is 0.0526. The van der Waals surface area contributed by atoms with Crippen LogP contribution in [0.15, 0.2) is 59.4 Å². The standard InChI is InChI=1S/C19H13F2NO2S/c20-17-7-4-14(9-18(17)21)19(23)8-3-13-1-5-16(6-2-13)24-10-15-11-25-12-22-15/h1-9,11-12H,10H2/b8-3+. The molecule has 0 fully saturated rings. The van der Waals surface area contributed by atoms with Crippen LogP contribution in [0.4, 0.5) is 8.78 Å². The van der Waals surface area contributed by atoms with E-state index in [9.17, 15) is 13.6 Å². The number of carbonyl (C=O) groups excluding carboxylic acids is 1. The predicted octanol–water partition coefficient (Wildman–Crippen LogP) is 4.90. The summed E-state index contributed by atoms with van der Waals surface area (Å²) >= 11 is 1.51. The Kier molecular flexibility index (Phi) is 5.30. The van der Waals surface area contributed by atoms with Crippen LogP contribution in [-0.4, -0.2) is 10.8 Å². The lowest BCUT2D eigenvalue weighted by molar-refractivity contribution is 0.104. The molecule has 0 bridgehead atoms. The second-order valence-corrected chi connectivity index (χ2v) is 5.88. The van der Waals surface area contributed by atoms with Gasteiger partial charge in [0.05, 0.1) is 11.2 Å². The van der Waals surface area contributed by atoms with Gasteiger partial charge in [0, 0.05) is 10.9 Å². The van der Waals surface area contributed by atoms with Crippen LogP contribution < -0.4 is 4.74 Å². The van der Waals surface area contributed by atoms with E-state index in [1.165, 1.54) is 23.5 Å². The molecule has 0 aliphatic carbocycles. The number of ether oxygens (including phenoxy) is 1. The Morgan fingerprint density at radius 2 is 1.92 bits per heavy atom. The molecule has 0 atom stereocenters. The Hall–Kier alpha value is -2.86. The number of nitrogens with zero attached hydrogens (tertiary/aromatic N) is 1. The molecule has 0 saturated carbocycles. The lowest BCUT2D eigenvalue weighted by Crippen LogP contribution is -1.96. The fourth-order valence-corrected chi connectivity index (χ4v) is 2.60. The number of ketones is 1. The molecule has 1 aromatic heterocycles.